The Balaban J connectivity index is 1.75. The molecule has 104 valence electrons. The van der Waals surface area contributed by atoms with Gasteiger partial charge in [0.25, 0.3) is 0 Å². The largest absolute Gasteiger partial charge is 0.374 e. The molecule has 0 saturated carbocycles. The maximum absolute atomic E-state index is 10.9. The van der Waals surface area contributed by atoms with Crippen LogP contribution in [-0.2, 0) is 17.8 Å². The molecule has 0 fully saturated rings. The van der Waals surface area contributed by atoms with E-state index < -0.39 is 5.91 Å². The number of primary amides is 1. The molecule has 6 nitrogen and oxygen atoms in total. The average Bonchev–Trinajstić information content (AvgIpc) is 2.86. The highest BCUT2D eigenvalue weighted by Crippen LogP contribution is 2.30. The summed E-state index contributed by atoms with van der Waals surface area (Å²) in [6, 6.07) is 4.31. The van der Waals surface area contributed by atoms with Crippen LogP contribution in [0.1, 0.15) is 30.1 Å². The van der Waals surface area contributed by atoms with Crippen LogP contribution in [0, 0.1) is 0 Å². The molecule has 3 rings (SSSR count). The molecule has 0 saturated heterocycles. The van der Waals surface area contributed by atoms with Gasteiger partial charge >= 0.3 is 0 Å². The van der Waals surface area contributed by atoms with Crippen molar-refractivity contribution in [2.24, 2.45) is 5.73 Å². The third kappa shape index (κ3) is 2.64. The standard InChI is InChI=1S/C14H17N5O/c15-13(20)9-19-8-11(7-17-19)18-12-5-1-3-10-4-2-6-16-14(10)12/h2,4,6-8,12,18H,1,3,5,9H2,(H2,15,20). The highest BCUT2D eigenvalue weighted by Gasteiger charge is 2.21. The number of aromatic nitrogens is 3. The van der Waals surface area contributed by atoms with Gasteiger partial charge in [0.15, 0.2) is 0 Å². The van der Waals surface area contributed by atoms with E-state index in [1.54, 1.807) is 12.4 Å². The molecule has 2 heterocycles. The van der Waals surface area contributed by atoms with Crippen molar-refractivity contribution in [3.8, 4) is 0 Å². The van der Waals surface area contributed by atoms with E-state index in [1.165, 1.54) is 10.2 Å². The fourth-order valence-electron chi connectivity index (χ4n) is 2.64. The first kappa shape index (κ1) is 12.7. The smallest absolute Gasteiger partial charge is 0.239 e. The topological polar surface area (TPSA) is 85.8 Å². The number of amides is 1. The highest BCUT2D eigenvalue weighted by atomic mass is 16.1. The lowest BCUT2D eigenvalue weighted by atomic mass is 9.92. The third-order valence-corrected chi connectivity index (χ3v) is 3.49. The van der Waals surface area contributed by atoms with Gasteiger partial charge in [-0.15, -0.1) is 0 Å². The van der Waals surface area contributed by atoms with Gasteiger partial charge < -0.3 is 11.1 Å². The van der Waals surface area contributed by atoms with Crippen LogP contribution < -0.4 is 11.1 Å². The maximum Gasteiger partial charge on any atom is 0.239 e. The van der Waals surface area contributed by atoms with Crippen molar-refractivity contribution in [3.05, 3.63) is 42.0 Å². The molecule has 1 aliphatic carbocycles. The zero-order valence-corrected chi connectivity index (χ0v) is 11.1. The molecule has 0 radical (unpaired) electrons. The number of nitrogens with two attached hydrogens (primary N) is 1. The van der Waals surface area contributed by atoms with Crippen molar-refractivity contribution in [1.82, 2.24) is 14.8 Å². The SMILES string of the molecule is NC(=O)Cn1cc(NC2CCCc3cccnc32)cn1. The van der Waals surface area contributed by atoms with Gasteiger partial charge in [-0.05, 0) is 30.9 Å². The molecule has 1 atom stereocenters. The zero-order chi connectivity index (χ0) is 13.9. The van der Waals surface area contributed by atoms with Gasteiger partial charge in [-0.3, -0.25) is 14.5 Å². The molecule has 6 heteroatoms. The molecule has 3 N–H and O–H groups in total. The van der Waals surface area contributed by atoms with E-state index in [-0.39, 0.29) is 12.6 Å². The quantitative estimate of drug-likeness (QED) is 0.876. The predicted molar refractivity (Wildman–Crippen MR) is 75.0 cm³/mol. The van der Waals surface area contributed by atoms with Crippen LogP contribution >= 0.6 is 0 Å². The van der Waals surface area contributed by atoms with E-state index in [0.29, 0.717) is 0 Å². The Kier molecular flexibility index (Phi) is 3.37. The summed E-state index contributed by atoms with van der Waals surface area (Å²) in [5.41, 5.74) is 8.45. The van der Waals surface area contributed by atoms with Gasteiger partial charge in [-0.1, -0.05) is 6.07 Å². The minimum atomic E-state index is -0.399. The fraction of sp³-hybridized carbons (Fsp3) is 0.357. The summed E-state index contributed by atoms with van der Waals surface area (Å²) in [4.78, 5) is 15.4. The van der Waals surface area contributed by atoms with Crippen molar-refractivity contribution in [2.45, 2.75) is 31.8 Å². The summed E-state index contributed by atoms with van der Waals surface area (Å²) >= 11 is 0. The Morgan fingerprint density at radius 1 is 1.55 bits per heavy atom. The number of pyridine rings is 1. The van der Waals surface area contributed by atoms with E-state index in [2.05, 4.69) is 21.5 Å². The summed E-state index contributed by atoms with van der Waals surface area (Å²) in [7, 11) is 0. The molecule has 1 aliphatic rings. The number of rotatable bonds is 4. The van der Waals surface area contributed by atoms with E-state index >= 15 is 0 Å². The Hall–Kier alpha value is -2.37. The number of aryl methyl sites for hydroxylation is 1. The molecule has 1 amide bonds. The van der Waals surface area contributed by atoms with Gasteiger partial charge in [0, 0.05) is 12.4 Å². The third-order valence-electron chi connectivity index (χ3n) is 3.49. The van der Waals surface area contributed by atoms with E-state index in [9.17, 15) is 4.79 Å². The van der Waals surface area contributed by atoms with Crippen LogP contribution in [0.4, 0.5) is 5.69 Å². The number of anilines is 1. The molecule has 2 aromatic heterocycles. The fourth-order valence-corrected chi connectivity index (χ4v) is 2.64. The van der Waals surface area contributed by atoms with Crippen LogP contribution in [0.2, 0.25) is 0 Å². The monoisotopic (exact) mass is 271 g/mol. The van der Waals surface area contributed by atoms with Crippen molar-refractivity contribution < 1.29 is 4.79 Å². The predicted octanol–water partition coefficient (Wildman–Crippen LogP) is 1.25. The van der Waals surface area contributed by atoms with Crippen molar-refractivity contribution in [2.75, 3.05) is 5.32 Å². The van der Waals surface area contributed by atoms with Gasteiger partial charge in [-0.25, -0.2) is 0 Å². The van der Waals surface area contributed by atoms with Crippen LogP contribution in [0.15, 0.2) is 30.7 Å². The number of nitrogens with one attached hydrogen (secondary N) is 1. The van der Waals surface area contributed by atoms with Crippen LogP contribution in [0.5, 0.6) is 0 Å². The molecular formula is C14H17N5O. The second-order valence-electron chi connectivity index (χ2n) is 5.03. The summed E-state index contributed by atoms with van der Waals surface area (Å²) in [5.74, 6) is -0.399. The minimum Gasteiger partial charge on any atom is -0.374 e. The lowest BCUT2D eigenvalue weighted by Gasteiger charge is -2.25. The normalized spacial score (nSPS) is 17.5. The van der Waals surface area contributed by atoms with E-state index in [4.69, 9.17) is 5.73 Å². The number of nitrogens with zero attached hydrogens (tertiary/aromatic N) is 3. The first-order chi connectivity index (χ1) is 9.72. The first-order valence-corrected chi connectivity index (χ1v) is 6.73. The van der Waals surface area contributed by atoms with Gasteiger partial charge in [0.2, 0.25) is 5.91 Å². The number of fused-ring (bicyclic) bond motifs is 1. The number of carbonyl (C=O) groups excluding carboxylic acids is 1. The summed E-state index contributed by atoms with van der Waals surface area (Å²) in [5, 5.41) is 7.54. The molecule has 20 heavy (non-hydrogen) atoms. The minimum absolute atomic E-state index is 0.0984. The van der Waals surface area contributed by atoms with E-state index in [0.717, 1.165) is 30.6 Å². The van der Waals surface area contributed by atoms with Gasteiger partial charge in [0.05, 0.1) is 23.6 Å². The number of hydrogen-bond donors (Lipinski definition) is 2. The van der Waals surface area contributed by atoms with Crippen LogP contribution in [-0.4, -0.2) is 20.7 Å². The number of carbonyl (C=O) groups is 1. The second kappa shape index (κ2) is 5.32. The maximum atomic E-state index is 10.9. The van der Waals surface area contributed by atoms with Crippen LogP contribution in [0.3, 0.4) is 0 Å². The van der Waals surface area contributed by atoms with Gasteiger partial charge in [-0.2, -0.15) is 5.10 Å². The molecular weight excluding hydrogens is 254 g/mol. The second-order valence-corrected chi connectivity index (χ2v) is 5.03. The Morgan fingerprint density at radius 3 is 3.30 bits per heavy atom. The Bertz CT molecular complexity index is 622. The van der Waals surface area contributed by atoms with Crippen molar-refractivity contribution in [1.29, 1.82) is 0 Å². The summed E-state index contributed by atoms with van der Waals surface area (Å²) in [6.07, 6.45) is 8.61. The summed E-state index contributed by atoms with van der Waals surface area (Å²) < 4.78 is 1.53. The molecule has 0 aromatic carbocycles. The van der Waals surface area contributed by atoms with Crippen molar-refractivity contribution >= 4 is 11.6 Å². The zero-order valence-electron chi connectivity index (χ0n) is 11.1. The molecule has 0 aliphatic heterocycles. The molecule has 0 spiro atoms. The Labute approximate surface area is 117 Å². The molecule has 0 bridgehead atoms. The molecule has 1 unspecified atom stereocenters. The van der Waals surface area contributed by atoms with Crippen molar-refractivity contribution in [3.63, 3.8) is 0 Å². The van der Waals surface area contributed by atoms with E-state index in [1.807, 2.05) is 12.3 Å². The van der Waals surface area contributed by atoms with Gasteiger partial charge in [0.1, 0.15) is 6.54 Å². The molecule has 2 aromatic rings. The lowest BCUT2D eigenvalue weighted by Crippen LogP contribution is -2.19. The first-order valence-electron chi connectivity index (χ1n) is 6.73. The lowest BCUT2D eigenvalue weighted by molar-refractivity contribution is -0.118. The van der Waals surface area contributed by atoms with Crippen LogP contribution in [0.25, 0.3) is 0 Å². The highest BCUT2D eigenvalue weighted by molar-refractivity contribution is 5.73. The number of hydrogen-bond acceptors (Lipinski definition) is 4. The average molecular weight is 271 g/mol. The summed E-state index contributed by atoms with van der Waals surface area (Å²) in [6.45, 7) is 0.0984. The Morgan fingerprint density at radius 2 is 2.45 bits per heavy atom.